The Morgan fingerprint density at radius 3 is 2.71 bits per heavy atom. The van der Waals surface area contributed by atoms with Crippen LogP contribution in [0.4, 0.5) is 24.9 Å². The van der Waals surface area contributed by atoms with Crippen LogP contribution < -0.4 is 5.32 Å². The first-order valence-corrected chi connectivity index (χ1v) is 11.6. The average molecular weight is 528 g/mol. The molecule has 5 heterocycles. The van der Waals surface area contributed by atoms with E-state index in [-0.39, 0.29) is 24.8 Å². The molecule has 0 saturated carbocycles. The molecule has 1 atom stereocenters. The summed E-state index contributed by atoms with van der Waals surface area (Å²) in [5.41, 5.74) is 2.62. The summed E-state index contributed by atoms with van der Waals surface area (Å²) in [6.45, 7) is 2.33. The molecular weight excluding hydrogens is 503 g/mol. The lowest BCUT2D eigenvalue weighted by atomic mass is 10.1. The Morgan fingerprint density at radius 1 is 1.18 bits per heavy atom. The Balaban J connectivity index is 1.45. The minimum atomic E-state index is -4.68. The number of alkyl halides is 3. The smallest absolute Gasteiger partial charge is 0.382 e. The van der Waals surface area contributed by atoms with Crippen LogP contribution in [0.15, 0.2) is 43.0 Å². The fraction of sp³-hybridized carbons (Fsp3) is 0.333. The minimum Gasteiger partial charge on any atom is -0.382 e. The number of hydrogen-bond donors (Lipinski definition) is 1. The zero-order valence-electron chi connectivity index (χ0n) is 20.8. The van der Waals surface area contributed by atoms with Gasteiger partial charge in [-0.15, -0.1) is 0 Å². The molecule has 0 fully saturated rings. The Bertz CT molecular complexity index is 1480. The van der Waals surface area contributed by atoms with E-state index in [2.05, 4.69) is 30.4 Å². The Morgan fingerprint density at radius 2 is 2.00 bits per heavy atom. The maximum absolute atomic E-state index is 13.6. The van der Waals surface area contributed by atoms with Crippen LogP contribution in [0, 0.1) is 6.92 Å². The molecule has 4 aromatic heterocycles. The third kappa shape index (κ3) is 4.94. The predicted molar refractivity (Wildman–Crippen MR) is 129 cm³/mol. The first-order valence-electron chi connectivity index (χ1n) is 11.6. The normalized spacial score (nSPS) is 15.6. The second-order valence-corrected chi connectivity index (χ2v) is 8.87. The van der Waals surface area contributed by atoms with Gasteiger partial charge in [-0.2, -0.15) is 18.3 Å². The van der Waals surface area contributed by atoms with Crippen LogP contribution in [0.2, 0.25) is 0 Å². The first kappa shape index (κ1) is 25.3. The van der Waals surface area contributed by atoms with Gasteiger partial charge in [0, 0.05) is 50.9 Å². The van der Waals surface area contributed by atoms with E-state index in [4.69, 9.17) is 4.74 Å². The Kier molecular flexibility index (Phi) is 6.57. The van der Waals surface area contributed by atoms with Crippen LogP contribution in [-0.4, -0.2) is 64.8 Å². The van der Waals surface area contributed by atoms with Gasteiger partial charge in [0.05, 0.1) is 36.8 Å². The molecule has 11 nitrogen and oxygen atoms in total. The van der Waals surface area contributed by atoms with Gasteiger partial charge < -0.3 is 19.5 Å². The van der Waals surface area contributed by atoms with Crippen LogP contribution in [-0.2, 0) is 31.1 Å². The number of hydrogen-bond acceptors (Lipinski definition) is 8. The van der Waals surface area contributed by atoms with Gasteiger partial charge in [-0.25, -0.2) is 19.9 Å². The van der Waals surface area contributed by atoms with E-state index < -0.39 is 18.0 Å². The Labute approximate surface area is 215 Å². The molecule has 0 bridgehead atoms. The van der Waals surface area contributed by atoms with E-state index in [1.54, 1.807) is 36.3 Å². The SMILES string of the molecule is COC[C@H]1Cn2cc(-c3nc(Nc4ccnn4C)ncc3C)cc2C(=O)N1Cc1ccnc(C(F)(F)F)n1. The van der Waals surface area contributed by atoms with Gasteiger partial charge in [0.15, 0.2) is 0 Å². The van der Waals surface area contributed by atoms with Gasteiger partial charge in [0.1, 0.15) is 11.5 Å². The highest BCUT2D eigenvalue weighted by Gasteiger charge is 2.36. The summed E-state index contributed by atoms with van der Waals surface area (Å²) in [5.74, 6) is -0.518. The van der Waals surface area contributed by atoms with Crippen LogP contribution in [0.3, 0.4) is 0 Å². The zero-order valence-corrected chi connectivity index (χ0v) is 20.8. The van der Waals surface area contributed by atoms with Crippen molar-refractivity contribution < 1.29 is 22.7 Å². The van der Waals surface area contributed by atoms with E-state index in [1.807, 2.05) is 17.7 Å². The number of aryl methyl sites for hydroxylation is 2. The third-order valence-electron chi connectivity index (χ3n) is 6.19. The quantitative estimate of drug-likeness (QED) is 0.390. The summed E-state index contributed by atoms with van der Waals surface area (Å²) in [6, 6.07) is 4.46. The van der Waals surface area contributed by atoms with Gasteiger partial charge in [0.2, 0.25) is 11.8 Å². The fourth-order valence-electron chi connectivity index (χ4n) is 4.35. The first-order chi connectivity index (χ1) is 18.1. The predicted octanol–water partition coefficient (Wildman–Crippen LogP) is 3.21. The average Bonchev–Trinajstić information content (AvgIpc) is 3.48. The lowest BCUT2D eigenvalue weighted by Gasteiger charge is -2.36. The minimum absolute atomic E-state index is 0.0829. The molecule has 198 valence electrons. The topological polar surface area (TPSA) is 116 Å². The summed E-state index contributed by atoms with van der Waals surface area (Å²) in [5, 5.41) is 7.24. The number of carbonyl (C=O) groups excluding carboxylic acids is 1. The Hall–Kier alpha value is -4.33. The number of nitrogens with zero attached hydrogens (tertiary/aromatic N) is 8. The van der Waals surface area contributed by atoms with E-state index >= 15 is 0 Å². The van der Waals surface area contributed by atoms with Crippen LogP contribution in [0.25, 0.3) is 11.3 Å². The van der Waals surface area contributed by atoms with Crippen LogP contribution >= 0.6 is 0 Å². The summed E-state index contributed by atoms with van der Waals surface area (Å²) in [7, 11) is 3.30. The molecule has 0 aliphatic carbocycles. The molecule has 0 unspecified atom stereocenters. The maximum atomic E-state index is 13.6. The molecule has 5 rings (SSSR count). The van der Waals surface area contributed by atoms with Crippen molar-refractivity contribution in [2.24, 2.45) is 7.05 Å². The number of aromatic nitrogens is 7. The molecule has 0 saturated heterocycles. The molecule has 4 aromatic rings. The number of ether oxygens (including phenoxy) is 1. The van der Waals surface area contributed by atoms with Crippen LogP contribution in [0.5, 0.6) is 0 Å². The summed E-state index contributed by atoms with van der Waals surface area (Å²) < 4.78 is 48.1. The molecule has 1 amide bonds. The number of methoxy groups -OCH3 is 1. The maximum Gasteiger partial charge on any atom is 0.451 e. The fourth-order valence-corrected chi connectivity index (χ4v) is 4.35. The van der Waals surface area contributed by atoms with Crippen molar-refractivity contribution in [3.05, 3.63) is 65.8 Å². The molecule has 0 spiro atoms. The van der Waals surface area contributed by atoms with E-state index in [1.165, 1.54) is 18.1 Å². The lowest BCUT2D eigenvalue weighted by Crippen LogP contribution is -2.49. The van der Waals surface area contributed by atoms with E-state index in [0.717, 1.165) is 11.8 Å². The summed E-state index contributed by atoms with van der Waals surface area (Å²) in [4.78, 5) is 31.0. The monoisotopic (exact) mass is 527 g/mol. The number of carbonyl (C=O) groups is 1. The van der Waals surface area contributed by atoms with E-state index in [0.29, 0.717) is 35.3 Å². The van der Waals surface area contributed by atoms with Gasteiger partial charge in [0.25, 0.3) is 5.91 Å². The molecular formula is C24H24F3N9O2. The highest BCUT2D eigenvalue weighted by atomic mass is 19.4. The summed E-state index contributed by atoms with van der Waals surface area (Å²) >= 11 is 0. The van der Waals surface area contributed by atoms with Crippen molar-refractivity contribution in [1.82, 2.24) is 39.2 Å². The summed E-state index contributed by atoms with van der Waals surface area (Å²) in [6.07, 6.45) is 1.53. The number of nitrogens with one attached hydrogen (secondary N) is 1. The van der Waals surface area contributed by atoms with E-state index in [9.17, 15) is 18.0 Å². The van der Waals surface area contributed by atoms with Crippen LogP contribution in [0.1, 0.15) is 27.6 Å². The van der Waals surface area contributed by atoms with Crippen molar-refractivity contribution in [2.45, 2.75) is 32.2 Å². The van der Waals surface area contributed by atoms with Crippen molar-refractivity contribution in [1.29, 1.82) is 0 Å². The largest absolute Gasteiger partial charge is 0.451 e. The van der Waals surface area contributed by atoms with Gasteiger partial charge in [-0.3, -0.25) is 9.48 Å². The number of fused-ring (bicyclic) bond motifs is 1. The molecule has 1 aliphatic heterocycles. The van der Waals surface area contributed by atoms with Crippen molar-refractivity contribution in [3.8, 4) is 11.3 Å². The van der Waals surface area contributed by atoms with Gasteiger partial charge in [-0.05, 0) is 24.6 Å². The second-order valence-electron chi connectivity index (χ2n) is 8.87. The molecule has 0 aromatic carbocycles. The van der Waals surface area contributed by atoms with Gasteiger partial charge in [-0.1, -0.05) is 0 Å². The third-order valence-corrected chi connectivity index (χ3v) is 6.19. The molecule has 38 heavy (non-hydrogen) atoms. The van der Waals surface area contributed by atoms with Crippen molar-refractivity contribution in [3.63, 3.8) is 0 Å². The van der Waals surface area contributed by atoms with Crippen molar-refractivity contribution in [2.75, 3.05) is 19.0 Å². The molecule has 14 heteroatoms. The number of halogens is 3. The number of rotatable bonds is 7. The number of anilines is 2. The van der Waals surface area contributed by atoms with Crippen molar-refractivity contribution >= 4 is 17.7 Å². The highest BCUT2D eigenvalue weighted by molar-refractivity contribution is 5.95. The second kappa shape index (κ2) is 9.85. The highest BCUT2D eigenvalue weighted by Crippen LogP contribution is 2.30. The molecule has 0 radical (unpaired) electrons. The number of amides is 1. The molecule has 1 N–H and O–H groups in total. The lowest BCUT2D eigenvalue weighted by molar-refractivity contribution is -0.145. The zero-order chi connectivity index (χ0) is 27.0. The standard InChI is InChI=1S/C24H24F3N9O2/c1-14-9-29-23(32-19-5-7-30-34(19)2)33-20(14)15-8-18-21(37)36(17(13-38-3)12-35(18)10-15)11-16-4-6-28-22(31-16)24(25,26)27/h4-10,17H,11-13H2,1-3H3,(H,29,32,33)/t17-/m1/s1. The van der Waals surface area contributed by atoms with Gasteiger partial charge >= 0.3 is 6.18 Å². The molecule has 1 aliphatic rings.